The average Bonchev–Trinajstić information content (AvgIpc) is 3.14. The van der Waals surface area contributed by atoms with Crippen LogP contribution in [-0.2, 0) is 16.0 Å². The van der Waals surface area contributed by atoms with Gasteiger partial charge in [-0.25, -0.2) is 9.67 Å². The van der Waals surface area contributed by atoms with Crippen molar-refractivity contribution >= 4 is 11.7 Å². The smallest absolute Gasteiger partial charge is 0.257 e. The summed E-state index contributed by atoms with van der Waals surface area (Å²) in [6.45, 7) is 2.33. The molecule has 3 heterocycles. The Morgan fingerprint density at radius 3 is 3.20 bits per heavy atom. The van der Waals surface area contributed by atoms with Gasteiger partial charge in [-0.05, 0) is 22.6 Å². The summed E-state index contributed by atoms with van der Waals surface area (Å²) in [4.78, 5) is 18.8. The Morgan fingerprint density at radius 1 is 1.52 bits per heavy atom. The van der Waals surface area contributed by atoms with Crippen LogP contribution in [0.25, 0.3) is 0 Å². The van der Waals surface area contributed by atoms with Crippen molar-refractivity contribution in [1.82, 2.24) is 30.1 Å². The number of carbonyl (C=O) groups is 1. The summed E-state index contributed by atoms with van der Waals surface area (Å²) in [5.74, 6) is 1.05. The third-order valence-corrected chi connectivity index (χ3v) is 3.98. The second-order valence-corrected chi connectivity index (χ2v) is 5.51. The number of morpholine rings is 1. The van der Waals surface area contributed by atoms with Gasteiger partial charge >= 0.3 is 0 Å². The van der Waals surface area contributed by atoms with E-state index in [2.05, 4.69) is 25.8 Å². The van der Waals surface area contributed by atoms with Crippen LogP contribution in [0.1, 0.15) is 22.3 Å². The summed E-state index contributed by atoms with van der Waals surface area (Å²) in [6, 6.07) is 3.51. The largest absolute Gasteiger partial charge is 0.383 e. The van der Waals surface area contributed by atoms with Crippen LogP contribution in [-0.4, -0.2) is 76.5 Å². The van der Waals surface area contributed by atoms with E-state index in [1.54, 1.807) is 42.1 Å². The Balaban J connectivity index is 1.75. The molecular weight excluding hydrogens is 326 g/mol. The Labute approximate surface area is 145 Å². The lowest BCUT2D eigenvalue weighted by molar-refractivity contribution is -0.0291. The minimum atomic E-state index is -0.376. The fourth-order valence-electron chi connectivity index (χ4n) is 2.72. The summed E-state index contributed by atoms with van der Waals surface area (Å²) < 4.78 is 12.5. The quantitative estimate of drug-likeness (QED) is 0.776. The molecule has 10 heteroatoms. The molecule has 0 unspecified atom stereocenters. The van der Waals surface area contributed by atoms with Crippen LogP contribution in [0.15, 0.2) is 18.3 Å². The lowest BCUT2D eigenvalue weighted by Crippen LogP contribution is -2.43. The molecule has 0 aliphatic carbocycles. The zero-order chi connectivity index (χ0) is 17.6. The van der Waals surface area contributed by atoms with Crippen LogP contribution >= 0.6 is 0 Å². The Morgan fingerprint density at radius 2 is 2.40 bits per heavy atom. The van der Waals surface area contributed by atoms with Crippen LogP contribution in [0, 0.1) is 0 Å². The number of hydrogen-bond donors (Lipinski definition) is 1. The highest BCUT2D eigenvalue weighted by Crippen LogP contribution is 2.22. The first kappa shape index (κ1) is 17.2. The predicted octanol–water partition coefficient (Wildman–Crippen LogP) is -0.0301. The number of pyridine rings is 1. The summed E-state index contributed by atoms with van der Waals surface area (Å²) in [6.07, 6.45) is 1.27. The van der Waals surface area contributed by atoms with Gasteiger partial charge in [0.05, 0.1) is 31.9 Å². The van der Waals surface area contributed by atoms with Crippen molar-refractivity contribution in [3.05, 3.63) is 29.7 Å². The Hall–Kier alpha value is -2.59. The van der Waals surface area contributed by atoms with E-state index in [9.17, 15) is 4.79 Å². The van der Waals surface area contributed by atoms with E-state index in [-0.39, 0.29) is 12.0 Å². The third-order valence-electron chi connectivity index (χ3n) is 3.98. The normalized spacial score (nSPS) is 17.5. The molecule has 2 aromatic rings. The zero-order valence-electron chi connectivity index (χ0n) is 14.3. The van der Waals surface area contributed by atoms with Gasteiger partial charge in [0, 0.05) is 26.9 Å². The minimum Gasteiger partial charge on any atom is -0.383 e. The van der Waals surface area contributed by atoms with Crippen LogP contribution in [0.4, 0.5) is 5.82 Å². The van der Waals surface area contributed by atoms with Crippen molar-refractivity contribution in [2.75, 3.05) is 45.8 Å². The number of tetrazole rings is 1. The Kier molecular flexibility index (Phi) is 5.51. The number of amides is 1. The summed E-state index contributed by atoms with van der Waals surface area (Å²) in [5.41, 5.74) is 0.532. The molecule has 2 aromatic heterocycles. The maximum Gasteiger partial charge on any atom is 0.257 e. The van der Waals surface area contributed by atoms with E-state index in [0.717, 1.165) is 0 Å². The highest BCUT2D eigenvalue weighted by Gasteiger charge is 2.30. The van der Waals surface area contributed by atoms with Gasteiger partial charge in [-0.3, -0.25) is 4.79 Å². The number of carbonyl (C=O) groups excluding carboxylic acids is 1. The molecule has 0 saturated carbocycles. The highest BCUT2D eigenvalue weighted by molar-refractivity contribution is 5.98. The molecule has 134 valence electrons. The topological polar surface area (TPSA) is 107 Å². The number of hydrogen-bond acceptors (Lipinski definition) is 8. The third kappa shape index (κ3) is 3.74. The van der Waals surface area contributed by atoms with E-state index in [1.807, 2.05) is 0 Å². The summed E-state index contributed by atoms with van der Waals surface area (Å²) in [5, 5.41) is 14.7. The number of ether oxygens (including phenoxy) is 2. The maximum absolute atomic E-state index is 12.9. The van der Waals surface area contributed by atoms with Gasteiger partial charge in [-0.15, -0.1) is 5.10 Å². The van der Waals surface area contributed by atoms with Crippen molar-refractivity contribution < 1.29 is 14.3 Å². The van der Waals surface area contributed by atoms with Crippen molar-refractivity contribution in [3.63, 3.8) is 0 Å². The molecule has 1 saturated heterocycles. The molecular formula is C15H21N7O3. The van der Waals surface area contributed by atoms with Crippen molar-refractivity contribution in [2.24, 2.45) is 0 Å². The molecule has 0 radical (unpaired) electrons. The molecule has 0 bridgehead atoms. The lowest BCUT2D eigenvalue weighted by Gasteiger charge is -2.32. The molecule has 1 N–H and O–H groups in total. The van der Waals surface area contributed by atoms with Gasteiger partial charge in [-0.2, -0.15) is 0 Å². The number of methoxy groups -OCH3 is 1. The SMILES string of the molecule is CNc1ncccc1C(=O)N1CCO[C@H](c2nnnn2CCOC)C1. The van der Waals surface area contributed by atoms with Crippen LogP contribution in [0.5, 0.6) is 0 Å². The van der Waals surface area contributed by atoms with Crippen LogP contribution in [0.2, 0.25) is 0 Å². The van der Waals surface area contributed by atoms with Crippen LogP contribution in [0.3, 0.4) is 0 Å². The highest BCUT2D eigenvalue weighted by atomic mass is 16.5. The van der Waals surface area contributed by atoms with Crippen LogP contribution < -0.4 is 5.32 Å². The van der Waals surface area contributed by atoms with Crippen molar-refractivity contribution in [1.29, 1.82) is 0 Å². The molecule has 1 aliphatic rings. The fourth-order valence-corrected chi connectivity index (χ4v) is 2.72. The van der Waals surface area contributed by atoms with Crippen molar-refractivity contribution in [2.45, 2.75) is 12.6 Å². The molecule has 1 atom stereocenters. The summed E-state index contributed by atoms with van der Waals surface area (Å²) >= 11 is 0. The lowest BCUT2D eigenvalue weighted by atomic mass is 10.2. The molecule has 25 heavy (non-hydrogen) atoms. The molecule has 1 fully saturated rings. The van der Waals surface area contributed by atoms with Gasteiger partial charge in [0.2, 0.25) is 0 Å². The maximum atomic E-state index is 12.9. The Bertz CT molecular complexity index is 721. The van der Waals surface area contributed by atoms with Gasteiger partial charge in [0.1, 0.15) is 11.9 Å². The first-order valence-corrected chi connectivity index (χ1v) is 8.03. The number of nitrogens with zero attached hydrogens (tertiary/aromatic N) is 6. The number of rotatable bonds is 6. The van der Waals surface area contributed by atoms with E-state index >= 15 is 0 Å². The molecule has 3 rings (SSSR count). The second kappa shape index (κ2) is 7.99. The number of nitrogens with one attached hydrogen (secondary N) is 1. The first-order valence-electron chi connectivity index (χ1n) is 8.03. The van der Waals surface area contributed by atoms with Gasteiger partial charge in [0.25, 0.3) is 5.91 Å². The molecule has 10 nitrogen and oxygen atoms in total. The first-order chi connectivity index (χ1) is 12.2. The number of anilines is 1. The molecule has 1 amide bonds. The molecule has 0 aromatic carbocycles. The monoisotopic (exact) mass is 347 g/mol. The number of aromatic nitrogens is 5. The fraction of sp³-hybridized carbons (Fsp3) is 0.533. The van der Waals surface area contributed by atoms with Gasteiger partial charge in [-0.1, -0.05) is 0 Å². The predicted molar refractivity (Wildman–Crippen MR) is 88.1 cm³/mol. The minimum absolute atomic E-state index is 0.0957. The van der Waals surface area contributed by atoms with E-state index < -0.39 is 0 Å². The zero-order valence-corrected chi connectivity index (χ0v) is 14.3. The van der Waals surface area contributed by atoms with E-state index in [0.29, 0.717) is 50.1 Å². The molecule has 1 aliphatic heterocycles. The van der Waals surface area contributed by atoms with E-state index in [1.165, 1.54) is 0 Å². The van der Waals surface area contributed by atoms with E-state index in [4.69, 9.17) is 9.47 Å². The molecule has 0 spiro atoms. The van der Waals surface area contributed by atoms with Gasteiger partial charge < -0.3 is 19.7 Å². The average molecular weight is 347 g/mol. The second-order valence-electron chi connectivity index (χ2n) is 5.51. The van der Waals surface area contributed by atoms with Crippen molar-refractivity contribution in [3.8, 4) is 0 Å². The summed E-state index contributed by atoms with van der Waals surface area (Å²) in [7, 11) is 3.36. The standard InChI is InChI=1S/C15H21N7O3/c1-16-13-11(4-3-5-17-13)15(23)21-6-9-25-12(10-21)14-18-19-20-22(14)7-8-24-2/h3-5,12H,6-10H2,1-2H3,(H,16,17)/t12-/m0/s1. The van der Waals surface area contributed by atoms with Gasteiger partial charge in [0.15, 0.2) is 5.82 Å².